The third kappa shape index (κ3) is 6.40. The highest BCUT2D eigenvalue weighted by Crippen LogP contribution is 2.39. The zero-order chi connectivity index (χ0) is 36.8. The second-order valence-corrected chi connectivity index (χ2v) is 13.0. The molecule has 0 bridgehead atoms. The van der Waals surface area contributed by atoms with E-state index in [9.17, 15) is 9.59 Å². The topological polar surface area (TPSA) is 245 Å². The van der Waals surface area contributed by atoms with E-state index < -0.39 is 0 Å². The number of nitrogens with one attached hydrogen (secondary N) is 2. The summed E-state index contributed by atoms with van der Waals surface area (Å²) in [5, 5.41) is 26.3. The third-order valence-corrected chi connectivity index (χ3v) is 9.54. The Morgan fingerprint density at radius 2 is 1.10 bits per heavy atom. The lowest BCUT2D eigenvalue weighted by Crippen LogP contribution is -2.15. The lowest BCUT2D eigenvalue weighted by atomic mass is 10.1. The number of aryl methyl sites for hydroxylation is 2. The van der Waals surface area contributed by atoms with Crippen LogP contribution in [0.5, 0.6) is 0 Å². The van der Waals surface area contributed by atoms with Gasteiger partial charge in [-0.05, 0) is 61.7 Å². The van der Waals surface area contributed by atoms with E-state index in [0.29, 0.717) is 58.3 Å². The quantitative estimate of drug-likeness (QED) is 0.193. The van der Waals surface area contributed by atoms with Gasteiger partial charge in [0.2, 0.25) is 11.8 Å². The van der Waals surface area contributed by atoms with Crippen LogP contribution in [-0.2, 0) is 23.7 Å². The number of carbonyl (C=O) groups excluding carboxylic acids is 2. The number of aromatic nitrogens is 8. The molecule has 16 nitrogen and oxygen atoms in total. The summed E-state index contributed by atoms with van der Waals surface area (Å²) in [6, 6.07) is 11.5. The Morgan fingerprint density at radius 3 is 1.42 bits per heavy atom. The van der Waals surface area contributed by atoms with Crippen LogP contribution in [0.3, 0.4) is 0 Å². The Morgan fingerprint density at radius 1 is 0.692 bits per heavy atom. The van der Waals surface area contributed by atoms with Gasteiger partial charge in [-0.25, -0.2) is 29.9 Å². The fourth-order valence-electron chi connectivity index (χ4n) is 5.92. The van der Waals surface area contributed by atoms with Crippen LogP contribution in [0.4, 0.5) is 23.3 Å². The fourth-order valence-corrected chi connectivity index (χ4v) is 5.92. The predicted molar refractivity (Wildman–Crippen MR) is 193 cm³/mol. The van der Waals surface area contributed by atoms with Crippen LogP contribution in [-0.4, -0.2) is 50.9 Å². The molecular formula is C36H34N14O2. The van der Waals surface area contributed by atoms with E-state index in [2.05, 4.69) is 52.7 Å². The number of fused-ring (bicyclic) bond motifs is 2. The van der Waals surface area contributed by atoms with Gasteiger partial charge in [0.05, 0.1) is 71.0 Å². The van der Waals surface area contributed by atoms with E-state index in [1.807, 2.05) is 49.2 Å². The van der Waals surface area contributed by atoms with Crippen molar-refractivity contribution in [3.8, 4) is 34.9 Å². The van der Waals surface area contributed by atoms with Gasteiger partial charge < -0.3 is 31.2 Å². The number of hydrogen-bond donors (Lipinski definition) is 4. The predicted octanol–water partition coefficient (Wildman–Crippen LogP) is 4.04. The molecule has 6 aromatic rings. The van der Waals surface area contributed by atoms with Gasteiger partial charge in [-0.2, -0.15) is 10.5 Å². The number of pyridine rings is 4. The number of rotatable bonds is 6. The second-order valence-electron chi connectivity index (χ2n) is 13.0. The highest BCUT2D eigenvalue weighted by molar-refractivity contribution is 5.99. The number of amides is 2. The maximum Gasteiger partial charge on any atom is 0.230 e. The van der Waals surface area contributed by atoms with E-state index in [1.165, 1.54) is 0 Å². The molecule has 0 spiro atoms. The highest BCUT2D eigenvalue weighted by Gasteiger charge is 2.44. The van der Waals surface area contributed by atoms with Crippen LogP contribution < -0.4 is 22.1 Å². The molecule has 2 aliphatic rings. The maximum absolute atomic E-state index is 12.1. The first-order chi connectivity index (χ1) is 24.9. The molecule has 0 saturated heterocycles. The number of nitrogen functional groups attached to an aromatic ring is 2. The maximum atomic E-state index is 12.1. The zero-order valence-electron chi connectivity index (χ0n) is 28.8. The van der Waals surface area contributed by atoms with Gasteiger partial charge in [0, 0.05) is 37.3 Å². The summed E-state index contributed by atoms with van der Waals surface area (Å²) in [4.78, 5) is 50.2. The minimum atomic E-state index is -0.243. The highest BCUT2D eigenvalue weighted by atomic mass is 16.2. The monoisotopic (exact) mass is 694 g/mol. The van der Waals surface area contributed by atoms with Crippen molar-refractivity contribution in [2.45, 2.75) is 26.7 Å². The molecule has 0 radical (unpaired) electrons. The molecule has 0 aromatic carbocycles. The molecule has 2 fully saturated rings. The molecule has 6 aromatic heterocycles. The minimum absolute atomic E-state index is 0.173. The van der Waals surface area contributed by atoms with E-state index in [0.717, 1.165) is 33.8 Å². The van der Waals surface area contributed by atoms with Crippen LogP contribution in [0.1, 0.15) is 24.5 Å². The number of imidazole rings is 2. The summed E-state index contributed by atoms with van der Waals surface area (Å²) in [6.45, 7) is 3.83. The van der Waals surface area contributed by atoms with Gasteiger partial charge in [-0.1, -0.05) is 0 Å². The normalized spacial score (nSPS) is 18.5. The standard InChI is InChI=1S/2C18H17N7O/c2*1-9-21-8-15(25(9)2)14-4-10-5-16(22-7-13(10)17(20)23-14)24-18(26)12-3-11(12)6-19/h2*4-5,7-8,11-12H,3H2,1-2H3,(H2,20,23)(H,22,24,26)/t11-,12+;/m0./s1. The fraction of sp³-hybridized carbons (Fsp3) is 0.278. The molecule has 6 heterocycles. The lowest BCUT2D eigenvalue weighted by Gasteiger charge is -2.09. The lowest BCUT2D eigenvalue weighted by molar-refractivity contribution is -0.118. The van der Waals surface area contributed by atoms with Crippen LogP contribution >= 0.6 is 0 Å². The van der Waals surface area contributed by atoms with E-state index >= 15 is 0 Å². The van der Waals surface area contributed by atoms with E-state index in [1.54, 1.807) is 36.9 Å². The Hall–Kier alpha value is -6.94. The number of anilines is 4. The van der Waals surface area contributed by atoms with Gasteiger partial charge in [-0.15, -0.1) is 0 Å². The summed E-state index contributed by atoms with van der Waals surface area (Å²) in [7, 11) is 3.83. The number of nitrogens with two attached hydrogens (primary N) is 2. The largest absolute Gasteiger partial charge is 0.383 e. The van der Waals surface area contributed by atoms with Crippen molar-refractivity contribution < 1.29 is 9.59 Å². The molecule has 4 atom stereocenters. The van der Waals surface area contributed by atoms with Gasteiger partial charge in [0.15, 0.2) is 0 Å². The van der Waals surface area contributed by atoms with Crippen LogP contribution in [0.25, 0.3) is 44.3 Å². The van der Waals surface area contributed by atoms with Gasteiger partial charge in [-0.3, -0.25) is 9.59 Å². The number of nitrogens with zero attached hydrogens (tertiary/aromatic N) is 10. The van der Waals surface area contributed by atoms with Crippen molar-refractivity contribution in [2.24, 2.45) is 37.8 Å². The first kappa shape index (κ1) is 33.6. The summed E-state index contributed by atoms with van der Waals surface area (Å²) < 4.78 is 3.87. The molecule has 8 rings (SSSR count). The molecule has 52 heavy (non-hydrogen) atoms. The van der Waals surface area contributed by atoms with Crippen LogP contribution in [0.2, 0.25) is 0 Å². The third-order valence-electron chi connectivity index (χ3n) is 9.54. The first-order valence-electron chi connectivity index (χ1n) is 16.5. The molecule has 2 aliphatic carbocycles. The summed E-state index contributed by atoms with van der Waals surface area (Å²) in [6.07, 6.45) is 7.91. The molecule has 16 heteroatoms. The Labute approximate surface area is 297 Å². The van der Waals surface area contributed by atoms with Crippen LogP contribution in [0.15, 0.2) is 49.1 Å². The van der Waals surface area contributed by atoms with Gasteiger partial charge in [0.1, 0.15) is 34.9 Å². The van der Waals surface area contributed by atoms with E-state index in [-0.39, 0.29) is 35.5 Å². The smallest absolute Gasteiger partial charge is 0.230 e. The first-order valence-corrected chi connectivity index (χ1v) is 16.5. The zero-order valence-corrected chi connectivity index (χ0v) is 28.8. The SMILES string of the molecule is Cc1ncc(-c2cc3cc(NC(=O)C4CC4C#N)ncc3c(N)n2)n1C.Cc1ncc(-c2cc3cc(NC(=O)[C@@H]4C[C@H]4C#N)ncc3c(N)n2)n1C. The molecule has 0 aliphatic heterocycles. The van der Waals surface area contributed by atoms with Crippen molar-refractivity contribution in [1.29, 1.82) is 10.5 Å². The molecule has 260 valence electrons. The van der Waals surface area contributed by atoms with Gasteiger partial charge in [0.25, 0.3) is 0 Å². The van der Waals surface area contributed by atoms with E-state index in [4.69, 9.17) is 22.0 Å². The van der Waals surface area contributed by atoms with Crippen molar-refractivity contribution in [1.82, 2.24) is 39.0 Å². The molecule has 2 amide bonds. The second kappa shape index (κ2) is 13.1. The number of hydrogen-bond acceptors (Lipinski definition) is 12. The Kier molecular flexibility index (Phi) is 8.43. The molecule has 6 N–H and O–H groups in total. The van der Waals surface area contributed by atoms with Crippen LogP contribution in [0, 0.1) is 60.2 Å². The summed E-state index contributed by atoms with van der Waals surface area (Å²) in [5.41, 5.74) is 15.3. The average Bonchev–Trinajstić information content (AvgIpc) is 4.04. The molecule has 2 unspecified atom stereocenters. The molecule has 2 saturated carbocycles. The Bertz CT molecular complexity index is 2330. The van der Waals surface area contributed by atoms with Crippen molar-refractivity contribution in [3.63, 3.8) is 0 Å². The average molecular weight is 695 g/mol. The van der Waals surface area contributed by atoms with Crippen molar-refractivity contribution in [2.75, 3.05) is 22.1 Å². The minimum Gasteiger partial charge on any atom is -0.383 e. The number of nitriles is 2. The Balaban J connectivity index is 0.000000162. The van der Waals surface area contributed by atoms with Crippen molar-refractivity contribution in [3.05, 3.63) is 60.7 Å². The van der Waals surface area contributed by atoms with Gasteiger partial charge >= 0.3 is 0 Å². The number of carbonyl (C=O) groups is 2. The summed E-state index contributed by atoms with van der Waals surface area (Å²) in [5.74, 6) is 2.15. The summed E-state index contributed by atoms with van der Waals surface area (Å²) >= 11 is 0. The molecular weight excluding hydrogens is 660 g/mol. The van der Waals surface area contributed by atoms with Crippen molar-refractivity contribution >= 4 is 56.6 Å².